The predicted molar refractivity (Wildman–Crippen MR) is 81.1 cm³/mol. The molecule has 2 aliphatic rings. The molecule has 7 heteroatoms. The number of hydrogen-bond acceptors (Lipinski definition) is 5. The van der Waals surface area contributed by atoms with Gasteiger partial charge < -0.3 is 9.80 Å². The van der Waals surface area contributed by atoms with E-state index < -0.39 is 0 Å². The van der Waals surface area contributed by atoms with Gasteiger partial charge in [0, 0.05) is 43.2 Å². The Bertz CT molecular complexity index is 478. The van der Waals surface area contributed by atoms with Gasteiger partial charge in [0.15, 0.2) is 0 Å². The van der Waals surface area contributed by atoms with Gasteiger partial charge in [0.2, 0.25) is 5.91 Å². The highest BCUT2D eigenvalue weighted by molar-refractivity contribution is 7.99. The van der Waals surface area contributed by atoms with E-state index in [1.54, 1.807) is 11.8 Å². The van der Waals surface area contributed by atoms with E-state index in [0.29, 0.717) is 26.2 Å². The molecule has 5 nitrogen and oxygen atoms in total. The summed E-state index contributed by atoms with van der Waals surface area (Å²) >= 11 is 3.29. The fraction of sp³-hybridized carbons (Fsp3) is 0.538. The zero-order valence-electron chi connectivity index (χ0n) is 11.1. The van der Waals surface area contributed by atoms with E-state index in [-0.39, 0.29) is 17.9 Å². The maximum absolute atomic E-state index is 12.3. The van der Waals surface area contributed by atoms with E-state index in [4.69, 9.17) is 0 Å². The fourth-order valence-corrected chi connectivity index (χ4v) is 4.04. The van der Waals surface area contributed by atoms with Crippen molar-refractivity contribution < 1.29 is 9.59 Å². The molecule has 0 bridgehead atoms. The van der Waals surface area contributed by atoms with Crippen molar-refractivity contribution in [3.63, 3.8) is 0 Å². The van der Waals surface area contributed by atoms with Crippen LogP contribution in [0.25, 0.3) is 0 Å². The number of thioether (sulfide) groups is 1. The Balaban J connectivity index is 1.54. The highest BCUT2D eigenvalue weighted by Gasteiger charge is 2.30. The standard InChI is InChI=1S/C13H17N3O2S2/c17-12(10-1-6-19-7-10)15-2-4-16(5-3-15)13(18)11-8-20-9-14-11/h1,6-7,11,14H,2-5,8-9H2. The lowest BCUT2D eigenvalue weighted by molar-refractivity contribution is -0.134. The van der Waals surface area contributed by atoms with Crippen LogP contribution in [-0.2, 0) is 4.79 Å². The first-order chi connectivity index (χ1) is 9.75. The van der Waals surface area contributed by atoms with E-state index in [0.717, 1.165) is 17.2 Å². The zero-order valence-corrected chi connectivity index (χ0v) is 12.7. The molecule has 2 amide bonds. The van der Waals surface area contributed by atoms with Crippen LogP contribution < -0.4 is 5.32 Å². The molecule has 20 heavy (non-hydrogen) atoms. The molecule has 2 aliphatic heterocycles. The SMILES string of the molecule is O=C(c1ccsc1)N1CCN(C(=O)C2CSCN2)CC1. The van der Waals surface area contributed by atoms with Crippen LogP contribution in [0, 0.1) is 0 Å². The first-order valence-corrected chi connectivity index (χ1v) is 8.77. The molecule has 1 aromatic heterocycles. The van der Waals surface area contributed by atoms with Crippen LogP contribution in [0.2, 0.25) is 0 Å². The minimum absolute atomic E-state index is 0.0425. The molecule has 2 fully saturated rings. The van der Waals surface area contributed by atoms with Gasteiger partial charge in [-0.15, -0.1) is 11.8 Å². The Morgan fingerprint density at radius 1 is 1.20 bits per heavy atom. The number of thiophene rings is 1. The number of piperazine rings is 1. The number of carbonyl (C=O) groups excluding carboxylic acids is 2. The van der Waals surface area contributed by atoms with Crippen LogP contribution >= 0.6 is 23.1 Å². The molecule has 1 N–H and O–H groups in total. The summed E-state index contributed by atoms with van der Waals surface area (Å²) in [6, 6.07) is 1.81. The lowest BCUT2D eigenvalue weighted by atomic mass is 10.2. The molecular formula is C13H17N3O2S2. The number of nitrogens with zero attached hydrogens (tertiary/aromatic N) is 2. The molecule has 3 heterocycles. The number of rotatable bonds is 2. The van der Waals surface area contributed by atoms with E-state index in [9.17, 15) is 9.59 Å². The summed E-state index contributed by atoms with van der Waals surface area (Å²) in [5, 5.41) is 6.99. The van der Waals surface area contributed by atoms with E-state index in [1.807, 2.05) is 26.6 Å². The summed E-state index contributed by atoms with van der Waals surface area (Å²) in [6.45, 7) is 2.52. The van der Waals surface area contributed by atoms with Crippen molar-refractivity contribution in [1.82, 2.24) is 15.1 Å². The first-order valence-electron chi connectivity index (χ1n) is 6.67. The van der Waals surface area contributed by atoms with Gasteiger partial charge in [0.1, 0.15) is 0 Å². The second kappa shape index (κ2) is 6.15. The smallest absolute Gasteiger partial charge is 0.254 e. The third-order valence-electron chi connectivity index (χ3n) is 3.66. The lowest BCUT2D eigenvalue weighted by Crippen LogP contribution is -2.54. The third kappa shape index (κ3) is 2.84. The van der Waals surface area contributed by atoms with Crippen LogP contribution in [0.5, 0.6) is 0 Å². The maximum atomic E-state index is 12.3. The van der Waals surface area contributed by atoms with Gasteiger partial charge in [-0.2, -0.15) is 11.3 Å². The molecule has 1 unspecified atom stereocenters. The van der Waals surface area contributed by atoms with E-state index >= 15 is 0 Å². The Labute approximate surface area is 126 Å². The van der Waals surface area contributed by atoms with Gasteiger partial charge in [0.25, 0.3) is 5.91 Å². The van der Waals surface area contributed by atoms with Crippen molar-refractivity contribution in [1.29, 1.82) is 0 Å². The molecule has 0 radical (unpaired) electrons. The second-order valence-corrected chi connectivity index (χ2v) is 6.71. The van der Waals surface area contributed by atoms with Gasteiger partial charge in [-0.25, -0.2) is 0 Å². The van der Waals surface area contributed by atoms with Gasteiger partial charge >= 0.3 is 0 Å². The van der Waals surface area contributed by atoms with Crippen LogP contribution in [0.1, 0.15) is 10.4 Å². The number of amides is 2. The Morgan fingerprint density at radius 3 is 2.55 bits per heavy atom. The Morgan fingerprint density at radius 2 is 1.95 bits per heavy atom. The largest absolute Gasteiger partial charge is 0.338 e. The average Bonchev–Trinajstić information content (AvgIpc) is 3.18. The molecule has 0 aliphatic carbocycles. The molecule has 0 spiro atoms. The highest BCUT2D eigenvalue weighted by atomic mass is 32.2. The summed E-state index contributed by atoms with van der Waals surface area (Å²) in [7, 11) is 0. The summed E-state index contributed by atoms with van der Waals surface area (Å²) < 4.78 is 0. The first kappa shape index (κ1) is 13.9. The van der Waals surface area contributed by atoms with Crippen molar-refractivity contribution in [2.24, 2.45) is 0 Å². The van der Waals surface area contributed by atoms with Crippen LogP contribution in [-0.4, -0.2) is 65.5 Å². The van der Waals surface area contributed by atoms with Crippen LogP contribution in [0.3, 0.4) is 0 Å². The molecule has 108 valence electrons. The highest BCUT2D eigenvalue weighted by Crippen LogP contribution is 2.15. The van der Waals surface area contributed by atoms with Crippen molar-refractivity contribution >= 4 is 34.9 Å². The maximum Gasteiger partial charge on any atom is 0.254 e. The van der Waals surface area contributed by atoms with Crippen molar-refractivity contribution in [3.05, 3.63) is 22.4 Å². The lowest BCUT2D eigenvalue weighted by Gasteiger charge is -2.35. The van der Waals surface area contributed by atoms with Crippen molar-refractivity contribution in [3.8, 4) is 0 Å². The summed E-state index contributed by atoms with van der Waals surface area (Å²) in [5.74, 6) is 1.96. The quantitative estimate of drug-likeness (QED) is 0.873. The fourth-order valence-electron chi connectivity index (χ4n) is 2.47. The van der Waals surface area contributed by atoms with Gasteiger partial charge in [-0.3, -0.25) is 14.9 Å². The Kier molecular flexibility index (Phi) is 4.28. The van der Waals surface area contributed by atoms with E-state index in [2.05, 4.69) is 5.32 Å². The molecule has 3 rings (SSSR count). The molecule has 0 saturated carbocycles. The predicted octanol–water partition coefficient (Wildman–Crippen LogP) is 0.695. The minimum atomic E-state index is -0.0425. The van der Waals surface area contributed by atoms with Gasteiger partial charge in [0.05, 0.1) is 11.6 Å². The number of nitrogens with one attached hydrogen (secondary N) is 1. The number of carbonyl (C=O) groups is 2. The zero-order chi connectivity index (χ0) is 13.9. The second-order valence-electron chi connectivity index (χ2n) is 4.90. The normalized spacial score (nSPS) is 23.1. The van der Waals surface area contributed by atoms with Crippen LogP contribution in [0.4, 0.5) is 0 Å². The topological polar surface area (TPSA) is 52.7 Å². The third-order valence-corrected chi connectivity index (χ3v) is 5.28. The summed E-state index contributed by atoms with van der Waals surface area (Å²) in [5.41, 5.74) is 0.753. The molecule has 2 saturated heterocycles. The average molecular weight is 311 g/mol. The van der Waals surface area contributed by atoms with Gasteiger partial charge in [-0.05, 0) is 11.4 Å². The van der Waals surface area contributed by atoms with Crippen molar-refractivity contribution in [2.45, 2.75) is 6.04 Å². The molecule has 1 aromatic rings. The van der Waals surface area contributed by atoms with Gasteiger partial charge in [-0.1, -0.05) is 0 Å². The van der Waals surface area contributed by atoms with E-state index in [1.165, 1.54) is 11.3 Å². The Hall–Kier alpha value is -1.05. The monoisotopic (exact) mass is 311 g/mol. The molecule has 1 atom stereocenters. The molecule has 0 aromatic carbocycles. The minimum Gasteiger partial charge on any atom is -0.338 e. The summed E-state index contributed by atoms with van der Waals surface area (Å²) in [4.78, 5) is 28.2. The van der Waals surface area contributed by atoms with Crippen molar-refractivity contribution in [2.75, 3.05) is 37.8 Å². The molecular weight excluding hydrogens is 294 g/mol. The summed E-state index contributed by atoms with van der Waals surface area (Å²) in [6.07, 6.45) is 0. The van der Waals surface area contributed by atoms with Crippen LogP contribution in [0.15, 0.2) is 16.8 Å². The number of hydrogen-bond donors (Lipinski definition) is 1.